The topological polar surface area (TPSA) is 87.1 Å². The molecular formula is C25H30N2O6. The predicted molar refractivity (Wildman–Crippen MR) is 121 cm³/mol. The van der Waals surface area contributed by atoms with E-state index in [1.54, 1.807) is 4.57 Å². The van der Waals surface area contributed by atoms with Crippen LogP contribution >= 0.6 is 0 Å². The van der Waals surface area contributed by atoms with Crippen molar-refractivity contribution in [1.82, 2.24) is 9.47 Å². The summed E-state index contributed by atoms with van der Waals surface area (Å²) in [7, 11) is 2.52. The summed E-state index contributed by atoms with van der Waals surface area (Å²) in [5, 5.41) is 1.02. The van der Waals surface area contributed by atoms with Gasteiger partial charge in [-0.3, -0.25) is 9.59 Å². The molecule has 0 amide bonds. The summed E-state index contributed by atoms with van der Waals surface area (Å²) >= 11 is 0. The van der Waals surface area contributed by atoms with E-state index in [-0.39, 0.29) is 6.04 Å². The summed E-state index contributed by atoms with van der Waals surface area (Å²) in [6, 6.07) is 7.60. The molecular weight excluding hydrogens is 424 g/mol. The van der Waals surface area contributed by atoms with E-state index < -0.39 is 35.5 Å². The van der Waals surface area contributed by atoms with Crippen LogP contribution in [0.5, 0.6) is 0 Å². The van der Waals surface area contributed by atoms with Gasteiger partial charge in [-0.25, -0.2) is 9.36 Å². The summed E-state index contributed by atoms with van der Waals surface area (Å²) in [5.74, 6) is -2.76. The summed E-state index contributed by atoms with van der Waals surface area (Å²) in [4.78, 5) is 40.4. The second kappa shape index (κ2) is 8.57. The Morgan fingerprint density at radius 2 is 1.73 bits per heavy atom. The highest BCUT2D eigenvalue weighted by atomic mass is 16.6. The zero-order valence-corrected chi connectivity index (χ0v) is 19.7. The molecule has 0 radical (unpaired) electrons. The van der Waals surface area contributed by atoms with Crippen molar-refractivity contribution in [3.63, 3.8) is 0 Å². The van der Waals surface area contributed by atoms with Crippen molar-refractivity contribution in [2.24, 2.45) is 11.8 Å². The van der Waals surface area contributed by atoms with Crippen LogP contribution in [0.15, 0.2) is 36.5 Å². The molecule has 0 saturated carbocycles. The normalized spacial score (nSPS) is 19.8. The number of esters is 2. The molecule has 33 heavy (non-hydrogen) atoms. The Kier molecular flexibility index (Phi) is 5.95. The van der Waals surface area contributed by atoms with Gasteiger partial charge in [0, 0.05) is 17.8 Å². The van der Waals surface area contributed by atoms with Crippen LogP contribution in [0.25, 0.3) is 10.9 Å². The van der Waals surface area contributed by atoms with Gasteiger partial charge in [0.15, 0.2) is 5.92 Å². The van der Waals surface area contributed by atoms with E-state index >= 15 is 0 Å². The fourth-order valence-corrected chi connectivity index (χ4v) is 4.93. The third-order valence-electron chi connectivity index (χ3n) is 6.29. The maximum absolute atomic E-state index is 13.4. The Morgan fingerprint density at radius 3 is 2.36 bits per heavy atom. The van der Waals surface area contributed by atoms with Gasteiger partial charge in [0.05, 0.1) is 31.5 Å². The Balaban J connectivity index is 1.82. The molecule has 8 heteroatoms. The van der Waals surface area contributed by atoms with Gasteiger partial charge in [0.1, 0.15) is 5.60 Å². The van der Waals surface area contributed by atoms with Gasteiger partial charge in [0.2, 0.25) is 0 Å². The lowest BCUT2D eigenvalue weighted by molar-refractivity contribution is -0.161. The summed E-state index contributed by atoms with van der Waals surface area (Å²) in [6.45, 7) is 6.29. The van der Waals surface area contributed by atoms with Gasteiger partial charge in [0.25, 0.3) is 0 Å². The lowest BCUT2D eigenvalue weighted by atomic mass is 9.81. The first-order chi connectivity index (χ1) is 15.7. The molecule has 1 aromatic heterocycles. The van der Waals surface area contributed by atoms with Crippen molar-refractivity contribution in [3.8, 4) is 0 Å². The zero-order chi connectivity index (χ0) is 23.9. The number of methoxy groups -OCH3 is 2. The number of ether oxygens (including phenoxy) is 3. The third-order valence-corrected chi connectivity index (χ3v) is 6.29. The Labute approximate surface area is 193 Å². The first-order valence-corrected chi connectivity index (χ1v) is 11.1. The Morgan fingerprint density at radius 1 is 1.06 bits per heavy atom. The van der Waals surface area contributed by atoms with E-state index in [9.17, 15) is 14.4 Å². The fourth-order valence-electron chi connectivity index (χ4n) is 4.93. The number of aromatic nitrogens is 1. The maximum Gasteiger partial charge on any atom is 0.419 e. The van der Waals surface area contributed by atoms with Gasteiger partial charge in [-0.05, 0) is 51.4 Å². The third kappa shape index (κ3) is 4.10. The highest BCUT2D eigenvalue weighted by Crippen LogP contribution is 2.44. The van der Waals surface area contributed by atoms with Gasteiger partial charge in [-0.1, -0.05) is 24.3 Å². The highest BCUT2D eigenvalue weighted by Gasteiger charge is 2.43. The molecule has 176 valence electrons. The molecule has 3 heterocycles. The minimum atomic E-state index is -1.07. The van der Waals surface area contributed by atoms with Crippen LogP contribution in [0, 0.1) is 11.8 Å². The molecule has 2 aromatic rings. The van der Waals surface area contributed by atoms with E-state index in [4.69, 9.17) is 14.2 Å². The predicted octanol–water partition coefficient (Wildman–Crippen LogP) is 3.82. The largest absolute Gasteiger partial charge is 0.468 e. The van der Waals surface area contributed by atoms with Crippen LogP contribution in [0.1, 0.15) is 44.5 Å². The van der Waals surface area contributed by atoms with Crippen molar-refractivity contribution in [2.45, 2.75) is 45.3 Å². The first kappa shape index (κ1) is 22.9. The number of hydrogen-bond acceptors (Lipinski definition) is 7. The van der Waals surface area contributed by atoms with Crippen LogP contribution in [0.2, 0.25) is 0 Å². The zero-order valence-electron chi connectivity index (χ0n) is 19.7. The van der Waals surface area contributed by atoms with E-state index in [2.05, 4.69) is 4.90 Å². The number of rotatable bonds is 3. The Bertz CT molecular complexity index is 1110. The van der Waals surface area contributed by atoms with Crippen LogP contribution in [0.3, 0.4) is 0 Å². The second-order valence-corrected chi connectivity index (χ2v) is 9.47. The number of allylic oxidation sites excluding steroid dienone is 1. The van der Waals surface area contributed by atoms with Crippen molar-refractivity contribution in [1.29, 1.82) is 0 Å². The molecule has 0 unspecified atom stereocenters. The van der Waals surface area contributed by atoms with Gasteiger partial charge in [-0.15, -0.1) is 0 Å². The summed E-state index contributed by atoms with van der Waals surface area (Å²) in [5.41, 5.74) is 2.08. The second-order valence-electron chi connectivity index (χ2n) is 9.47. The van der Waals surface area contributed by atoms with E-state index in [1.165, 1.54) is 14.2 Å². The smallest absolute Gasteiger partial charge is 0.419 e. The summed E-state index contributed by atoms with van der Waals surface area (Å²) in [6.07, 6.45) is 4.56. The van der Waals surface area contributed by atoms with Crippen molar-refractivity contribution in [3.05, 3.63) is 47.8 Å². The molecule has 0 saturated heterocycles. The fraction of sp³-hybridized carbons (Fsp3) is 0.480. The van der Waals surface area contributed by atoms with E-state index in [1.807, 2.05) is 57.3 Å². The molecule has 4 rings (SSSR count). The number of nitrogens with zero attached hydrogens (tertiary/aromatic N) is 2. The lowest BCUT2D eigenvalue weighted by Crippen LogP contribution is -2.41. The average molecular weight is 455 g/mol. The standard InChI is InChI=1S/C25H30N2O6/c1-25(2,3)33-24(30)27-18-9-7-6-8-16(18)17-11-13-26-12-10-15(14-19(26)21(17)27)20(22(28)31-4)23(29)32-5/h6-10,12,15,19-20H,11,13-14H2,1-5H3/t15-,19-/m0/s1. The summed E-state index contributed by atoms with van der Waals surface area (Å²) < 4.78 is 17.2. The molecule has 0 spiro atoms. The monoisotopic (exact) mass is 454 g/mol. The van der Waals surface area contributed by atoms with Crippen molar-refractivity contribution < 1.29 is 28.6 Å². The van der Waals surface area contributed by atoms with Crippen LogP contribution < -0.4 is 0 Å². The number of carbonyl (C=O) groups is 3. The molecule has 8 nitrogen and oxygen atoms in total. The van der Waals surface area contributed by atoms with Gasteiger partial charge >= 0.3 is 18.0 Å². The number of para-hydroxylation sites is 1. The molecule has 0 aliphatic carbocycles. The van der Waals surface area contributed by atoms with Crippen LogP contribution in [-0.2, 0) is 30.2 Å². The van der Waals surface area contributed by atoms with Gasteiger partial charge in [-0.2, -0.15) is 0 Å². The maximum atomic E-state index is 13.4. The molecule has 2 atom stereocenters. The lowest BCUT2D eigenvalue weighted by Gasteiger charge is -2.41. The Hall–Kier alpha value is -3.29. The van der Waals surface area contributed by atoms with E-state index in [0.717, 1.165) is 35.1 Å². The van der Waals surface area contributed by atoms with Gasteiger partial charge < -0.3 is 19.1 Å². The molecule has 0 bridgehead atoms. The van der Waals surface area contributed by atoms with Crippen molar-refractivity contribution in [2.75, 3.05) is 20.8 Å². The van der Waals surface area contributed by atoms with Crippen molar-refractivity contribution >= 4 is 28.9 Å². The van der Waals surface area contributed by atoms with E-state index in [0.29, 0.717) is 6.42 Å². The average Bonchev–Trinajstić information content (AvgIpc) is 3.13. The first-order valence-electron chi connectivity index (χ1n) is 11.1. The van der Waals surface area contributed by atoms with Crippen LogP contribution in [0.4, 0.5) is 4.79 Å². The SMILES string of the molecule is COC(=O)C(C(=O)OC)[C@H]1C=CN2CCc3c(n(C(=O)OC(C)(C)C)c4ccccc34)[C@@H]2C1. The molecule has 2 aliphatic heterocycles. The molecule has 0 N–H and O–H groups in total. The highest BCUT2D eigenvalue weighted by molar-refractivity contribution is 5.96. The molecule has 1 aromatic carbocycles. The minimum absolute atomic E-state index is 0.208. The minimum Gasteiger partial charge on any atom is -0.468 e. The number of hydrogen-bond donors (Lipinski definition) is 0. The quantitative estimate of drug-likeness (QED) is 0.396. The molecule has 2 aliphatic rings. The number of benzene rings is 1. The number of fused-ring (bicyclic) bond motifs is 5. The number of carbonyl (C=O) groups excluding carboxylic acids is 3. The molecule has 0 fully saturated rings. The van der Waals surface area contributed by atoms with Crippen LogP contribution in [-0.4, -0.2) is 53.9 Å².